The molecular weight excluding hydrogens is 383 g/mol. The second-order valence-electron chi connectivity index (χ2n) is 8.74. The summed E-state index contributed by atoms with van der Waals surface area (Å²) in [5.41, 5.74) is 3.29. The van der Waals surface area contributed by atoms with Gasteiger partial charge < -0.3 is 10.2 Å². The van der Waals surface area contributed by atoms with Gasteiger partial charge in [0.2, 0.25) is 5.91 Å². The predicted octanol–water partition coefficient (Wildman–Crippen LogP) is 3.27. The second-order valence-corrected chi connectivity index (χ2v) is 8.74. The molecule has 1 aromatic heterocycles. The van der Waals surface area contributed by atoms with Crippen LogP contribution in [-0.4, -0.2) is 45.6 Å². The first-order valence-corrected chi connectivity index (χ1v) is 10.9. The van der Waals surface area contributed by atoms with Crippen molar-refractivity contribution >= 4 is 11.8 Å². The number of nitrogens with zero attached hydrogens (tertiary/aromatic N) is 3. The number of hydrogen-bond acceptors (Lipinski definition) is 3. The Morgan fingerprint density at radius 2 is 1.87 bits per heavy atom. The molecule has 2 aliphatic rings. The number of hydrogen-bond donors (Lipinski definition) is 1. The number of likely N-dealkylation sites (tertiary alicyclic amines) is 1. The van der Waals surface area contributed by atoms with Crippen LogP contribution in [0.2, 0.25) is 0 Å². The molecule has 0 unspecified atom stereocenters. The third-order valence-corrected chi connectivity index (χ3v) is 5.98. The van der Waals surface area contributed by atoms with Crippen LogP contribution >= 0.6 is 0 Å². The van der Waals surface area contributed by atoms with E-state index in [2.05, 4.69) is 10.4 Å². The van der Waals surface area contributed by atoms with Crippen molar-refractivity contribution in [1.29, 1.82) is 0 Å². The summed E-state index contributed by atoms with van der Waals surface area (Å²) in [4.78, 5) is 27.2. The molecule has 0 atom stereocenters. The van der Waals surface area contributed by atoms with E-state index in [1.165, 1.54) is 12.1 Å². The van der Waals surface area contributed by atoms with Crippen molar-refractivity contribution in [2.24, 2.45) is 5.92 Å². The number of halogens is 1. The first-order chi connectivity index (χ1) is 14.4. The number of aromatic nitrogens is 2. The van der Waals surface area contributed by atoms with Crippen molar-refractivity contribution in [2.75, 3.05) is 13.1 Å². The minimum atomic E-state index is -0.293. The number of rotatable bonds is 5. The van der Waals surface area contributed by atoms with Gasteiger partial charge in [0.25, 0.3) is 5.91 Å². The van der Waals surface area contributed by atoms with Crippen molar-refractivity contribution < 1.29 is 14.0 Å². The van der Waals surface area contributed by atoms with E-state index in [0.29, 0.717) is 31.1 Å². The summed E-state index contributed by atoms with van der Waals surface area (Å²) in [5, 5.41) is 7.72. The highest BCUT2D eigenvalue weighted by Crippen LogP contribution is 2.28. The highest BCUT2D eigenvalue weighted by Gasteiger charge is 2.29. The van der Waals surface area contributed by atoms with E-state index < -0.39 is 0 Å². The Bertz CT molecular complexity index is 927. The van der Waals surface area contributed by atoms with Gasteiger partial charge in [-0.15, -0.1) is 0 Å². The van der Waals surface area contributed by atoms with Crippen LogP contribution in [0.5, 0.6) is 0 Å². The van der Waals surface area contributed by atoms with E-state index >= 15 is 0 Å². The van der Waals surface area contributed by atoms with E-state index in [1.807, 2.05) is 18.7 Å². The fraction of sp³-hybridized carbons (Fsp3) is 0.522. The third-order valence-electron chi connectivity index (χ3n) is 5.98. The topological polar surface area (TPSA) is 67.2 Å². The molecule has 4 rings (SSSR count). The number of fused-ring (bicyclic) bond motifs is 1. The SMILES string of the molecule is CC(C)CC(=O)N1CCC(NC(=O)c2nn(-c3ccc(F)cc3)c3c2CCC3)CC1. The molecule has 1 aliphatic carbocycles. The number of piperidine rings is 1. The van der Waals surface area contributed by atoms with E-state index in [1.54, 1.807) is 16.8 Å². The lowest BCUT2D eigenvalue weighted by molar-refractivity contribution is -0.133. The van der Waals surface area contributed by atoms with Gasteiger partial charge in [0.15, 0.2) is 5.69 Å². The molecule has 0 saturated carbocycles. The Morgan fingerprint density at radius 3 is 2.53 bits per heavy atom. The van der Waals surface area contributed by atoms with Gasteiger partial charge in [0.05, 0.1) is 5.69 Å². The van der Waals surface area contributed by atoms with Gasteiger partial charge in [-0.05, 0) is 62.3 Å². The van der Waals surface area contributed by atoms with Crippen LogP contribution in [0.25, 0.3) is 5.69 Å². The number of benzene rings is 1. The molecule has 1 N–H and O–H groups in total. The summed E-state index contributed by atoms with van der Waals surface area (Å²) in [6.07, 6.45) is 4.78. The molecule has 2 aromatic rings. The number of nitrogens with one attached hydrogen (secondary N) is 1. The normalized spacial score (nSPS) is 16.7. The average Bonchev–Trinajstić information content (AvgIpc) is 3.31. The first kappa shape index (κ1) is 20.6. The van der Waals surface area contributed by atoms with Crippen molar-refractivity contribution in [1.82, 2.24) is 20.0 Å². The predicted molar refractivity (Wildman–Crippen MR) is 112 cm³/mol. The monoisotopic (exact) mass is 412 g/mol. The fourth-order valence-electron chi connectivity index (χ4n) is 4.42. The molecule has 1 aromatic carbocycles. The van der Waals surface area contributed by atoms with Crippen LogP contribution in [0.4, 0.5) is 4.39 Å². The van der Waals surface area contributed by atoms with E-state index in [9.17, 15) is 14.0 Å². The third kappa shape index (κ3) is 4.25. The Kier molecular flexibility index (Phi) is 5.88. The summed E-state index contributed by atoms with van der Waals surface area (Å²) in [5.74, 6) is 0.110. The van der Waals surface area contributed by atoms with Gasteiger partial charge in [0.1, 0.15) is 5.82 Å². The largest absolute Gasteiger partial charge is 0.348 e. The maximum absolute atomic E-state index is 13.3. The van der Waals surface area contributed by atoms with Crippen molar-refractivity contribution in [2.45, 2.75) is 58.4 Å². The molecule has 0 radical (unpaired) electrons. The molecule has 6 nitrogen and oxygen atoms in total. The molecule has 30 heavy (non-hydrogen) atoms. The Hall–Kier alpha value is -2.70. The zero-order valence-electron chi connectivity index (χ0n) is 17.7. The average molecular weight is 413 g/mol. The molecule has 0 spiro atoms. The number of carbonyl (C=O) groups excluding carboxylic acids is 2. The zero-order chi connectivity index (χ0) is 21.3. The maximum atomic E-state index is 13.3. The quantitative estimate of drug-likeness (QED) is 0.820. The van der Waals surface area contributed by atoms with Crippen LogP contribution in [0.15, 0.2) is 24.3 Å². The van der Waals surface area contributed by atoms with E-state index in [4.69, 9.17) is 0 Å². The van der Waals surface area contributed by atoms with Gasteiger partial charge in [0, 0.05) is 36.8 Å². The van der Waals surface area contributed by atoms with Crippen LogP contribution in [0.1, 0.15) is 61.3 Å². The van der Waals surface area contributed by atoms with Gasteiger partial charge in [-0.1, -0.05) is 13.8 Å². The molecule has 7 heteroatoms. The molecule has 2 amide bonds. The molecule has 2 heterocycles. The summed E-state index contributed by atoms with van der Waals surface area (Å²) in [6.45, 7) is 5.46. The Labute approximate surface area is 176 Å². The molecule has 0 bridgehead atoms. The lowest BCUT2D eigenvalue weighted by atomic mass is 10.0. The Morgan fingerprint density at radius 1 is 1.17 bits per heavy atom. The summed E-state index contributed by atoms with van der Waals surface area (Å²) in [7, 11) is 0. The number of amides is 2. The highest BCUT2D eigenvalue weighted by molar-refractivity contribution is 5.94. The summed E-state index contributed by atoms with van der Waals surface area (Å²) in [6, 6.07) is 6.24. The summed E-state index contributed by atoms with van der Waals surface area (Å²) >= 11 is 0. The van der Waals surface area contributed by atoms with Crippen LogP contribution < -0.4 is 5.32 Å². The van der Waals surface area contributed by atoms with Gasteiger partial charge in [-0.25, -0.2) is 9.07 Å². The van der Waals surface area contributed by atoms with Crippen molar-refractivity contribution in [3.05, 3.63) is 47.0 Å². The van der Waals surface area contributed by atoms with Gasteiger partial charge in [-0.2, -0.15) is 5.10 Å². The van der Waals surface area contributed by atoms with Crippen LogP contribution in [0.3, 0.4) is 0 Å². The molecular formula is C23H29FN4O2. The fourth-order valence-corrected chi connectivity index (χ4v) is 4.42. The smallest absolute Gasteiger partial charge is 0.272 e. The minimum absolute atomic E-state index is 0.0497. The van der Waals surface area contributed by atoms with E-state index in [0.717, 1.165) is 49.0 Å². The van der Waals surface area contributed by atoms with Gasteiger partial charge >= 0.3 is 0 Å². The zero-order valence-corrected chi connectivity index (χ0v) is 17.7. The summed E-state index contributed by atoms with van der Waals surface area (Å²) < 4.78 is 15.1. The molecule has 160 valence electrons. The standard InChI is InChI=1S/C23H29FN4O2/c1-15(2)14-21(29)27-12-10-17(11-13-27)25-23(30)22-19-4-3-5-20(19)28(26-22)18-8-6-16(24)7-9-18/h6-9,15,17H,3-5,10-14H2,1-2H3,(H,25,30). The van der Waals surface area contributed by atoms with Gasteiger partial charge in [-0.3, -0.25) is 9.59 Å². The number of carbonyl (C=O) groups is 2. The first-order valence-electron chi connectivity index (χ1n) is 10.9. The maximum Gasteiger partial charge on any atom is 0.272 e. The van der Waals surface area contributed by atoms with E-state index in [-0.39, 0.29) is 23.7 Å². The Balaban J connectivity index is 1.43. The lowest BCUT2D eigenvalue weighted by Gasteiger charge is -2.32. The van der Waals surface area contributed by atoms with Crippen molar-refractivity contribution in [3.8, 4) is 5.69 Å². The lowest BCUT2D eigenvalue weighted by Crippen LogP contribution is -2.47. The molecule has 1 saturated heterocycles. The van der Waals surface area contributed by atoms with Crippen molar-refractivity contribution in [3.63, 3.8) is 0 Å². The molecule has 1 aliphatic heterocycles. The highest BCUT2D eigenvalue weighted by atomic mass is 19.1. The minimum Gasteiger partial charge on any atom is -0.348 e. The van der Waals surface area contributed by atoms with Crippen LogP contribution in [0, 0.1) is 11.7 Å². The van der Waals surface area contributed by atoms with Crippen LogP contribution in [-0.2, 0) is 17.6 Å². The second kappa shape index (κ2) is 8.58. The molecule has 1 fully saturated rings.